The molecule has 0 atom stereocenters. The van der Waals surface area contributed by atoms with Crippen molar-refractivity contribution in [3.05, 3.63) is 17.7 Å². The first-order chi connectivity index (χ1) is 7.81. The average Bonchev–Trinajstić information content (AvgIpc) is 2.25. The van der Waals surface area contributed by atoms with Crippen LogP contribution in [-0.4, -0.2) is 31.4 Å². The van der Waals surface area contributed by atoms with Gasteiger partial charge in [0, 0.05) is 0 Å². The van der Waals surface area contributed by atoms with Crippen molar-refractivity contribution >= 4 is 12.6 Å². The highest BCUT2D eigenvalue weighted by Crippen LogP contribution is 2.33. The van der Waals surface area contributed by atoms with Crippen molar-refractivity contribution in [3.63, 3.8) is 0 Å². The molecule has 0 bridgehead atoms. The minimum atomic E-state index is -4.57. The first-order valence-corrected chi connectivity index (χ1v) is 4.50. The summed E-state index contributed by atoms with van der Waals surface area (Å²) >= 11 is 0. The molecule has 0 saturated heterocycles. The van der Waals surface area contributed by atoms with Gasteiger partial charge in [-0.25, -0.2) is 0 Å². The van der Waals surface area contributed by atoms with Crippen LogP contribution >= 0.6 is 0 Å². The summed E-state index contributed by atoms with van der Waals surface area (Å²) in [6, 6.07) is 1.36. The van der Waals surface area contributed by atoms with Crippen LogP contribution in [0.15, 0.2) is 12.1 Å². The molecule has 0 saturated carbocycles. The average molecular weight is 250 g/mol. The Balaban J connectivity index is 3.45. The molecule has 0 aliphatic carbocycles. The molecule has 0 aliphatic heterocycles. The van der Waals surface area contributed by atoms with Crippen molar-refractivity contribution in [2.75, 3.05) is 14.2 Å². The molecule has 1 aromatic rings. The quantitative estimate of drug-likeness (QED) is 0.762. The Morgan fingerprint density at radius 3 is 1.71 bits per heavy atom. The van der Waals surface area contributed by atoms with Crippen molar-refractivity contribution in [2.45, 2.75) is 6.18 Å². The molecule has 0 radical (unpaired) electrons. The van der Waals surface area contributed by atoms with E-state index in [0.717, 1.165) is 14.2 Å². The molecule has 2 N–H and O–H groups in total. The highest BCUT2D eigenvalue weighted by Gasteiger charge is 2.34. The van der Waals surface area contributed by atoms with Gasteiger partial charge < -0.3 is 19.5 Å². The van der Waals surface area contributed by atoms with Crippen molar-refractivity contribution in [1.82, 2.24) is 0 Å². The van der Waals surface area contributed by atoms with Gasteiger partial charge in [0.1, 0.15) is 11.5 Å². The molecule has 17 heavy (non-hydrogen) atoms. The Kier molecular flexibility index (Phi) is 3.89. The Labute approximate surface area is 95.7 Å². The van der Waals surface area contributed by atoms with Gasteiger partial charge in [-0.2, -0.15) is 13.2 Å². The van der Waals surface area contributed by atoms with E-state index in [1.165, 1.54) is 0 Å². The SMILES string of the molecule is COc1cc(C(F)(F)F)cc(OC)c1B(O)O. The fourth-order valence-corrected chi connectivity index (χ4v) is 1.36. The van der Waals surface area contributed by atoms with E-state index in [0.29, 0.717) is 12.1 Å². The van der Waals surface area contributed by atoms with Gasteiger partial charge in [-0.3, -0.25) is 0 Å². The van der Waals surface area contributed by atoms with E-state index in [4.69, 9.17) is 10.0 Å². The van der Waals surface area contributed by atoms with E-state index < -0.39 is 18.9 Å². The van der Waals surface area contributed by atoms with Crippen LogP contribution in [0.5, 0.6) is 11.5 Å². The molecule has 8 heteroatoms. The molecule has 0 spiro atoms. The lowest BCUT2D eigenvalue weighted by Gasteiger charge is -2.16. The Morgan fingerprint density at radius 2 is 1.47 bits per heavy atom. The topological polar surface area (TPSA) is 58.9 Å². The summed E-state index contributed by atoms with van der Waals surface area (Å²) in [7, 11) is 0.268. The molecular weight excluding hydrogens is 240 g/mol. The van der Waals surface area contributed by atoms with E-state index >= 15 is 0 Å². The van der Waals surface area contributed by atoms with Crippen molar-refractivity contribution in [2.24, 2.45) is 0 Å². The van der Waals surface area contributed by atoms with Crippen LogP contribution in [0.1, 0.15) is 5.56 Å². The second kappa shape index (κ2) is 4.85. The largest absolute Gasteiger partial charge is 0.497 e. The third kappa shape index (κ3) is 2.83. The molecule has 0 unspecified atom stereocenters. The van der Waals surface area contributed by atoms with Crippen molar-refractivity contribution in [1.29, 1.82) is 0 Å². The number of hydrogen-bond acceptors (Lipinski definition) is 4. The molecule has 94 valence electrons. The number of rotatable bonds is 3. The normalized spacial score (nSPS) is 11.2. The van der Waals surface area contributed by atoms with Gasteiger partial charge in [-0.15, -0.1) is 0 Å². The van der Waals surface area contributed by atoms with Gasteiger partial charge in [0.05, 0.1) is 25.2 Å². The number of halogens is 3. The van der Waals surface area contributed by atoms with Crippen LogP contribution in [0.4, 0.5) is 13.2 Å². The molecule has 1 aromatic carbocycles. The second-order valence-corrected chi connectivity index (χ2v) is 3.17. The Morgan fingerprint density at radius 1 is 1.06 bits per heavy atom. The molecule has 0 heterocycles. The van der Waals surface area contributed by atoms with E-state index in [2.05, 4.69) is 9.47 Å². The van der Waals surface area contributed by atoms with E-state index in [1.54, 1.807) is 0 Å². The predicted molar refractivity (Wildman–Crippen MR) is 54.4 cm³/mol. The van der Waals surface area contributed by atoms with Crippen LogP contribution in [0.25, 0.3) is 0 Å². The molecule has 0 aromatic heterocycles. The highest BCUT2D eigenvalue weighted by molar-refractivity contribution is 6.61. The molecular formula is C9H10BF3O4. The van der Waals surface area contributed by atoms with Crippen molar-refractivity contribution < 1.29 is 32.7 Å². The lowest BCUT2D eigenvalue weighted by atomic mass is 9.78. The second-order valence-electron chi connectivity index (χ2n) is 3.17. The number of methoxy groups -OCH3 is 2. The van der Waals surface area contributed by atoms with E-state index in [9.17, 15) is 13.2 Å². The number of benzene rings is 1. The maximum absolute atomic E-state index is 12.5. The summed E-state index contributed by atoms with van der Waals surface area (Å²) in [5, 5.41) is 18.1. The third-order valence-corrected chi connectivity index (χ3v) is 2.13. The van der Waals surface area contributed by atoms with Crippen LogP contribution < -0.4 is 14.9 Å². The summed E-state index contributed by atoms with van der Waals surface area (Å²) in [4.78, 5) is 0. The van der Waals surface area contributed by atoms with Gasteiger partial charge in [-0.05, 0) is 12.1 Å². The van der Waals surface area contributed by atoms with Crippen molar-refractivity contribution in [3.8, 4) is 11.5 Å². The third-order valence-electron chi connectivity index (χ3n) is 2.13. The zero-order chi connectivity index (χ0) is 13.2. The van der Waals surface area contributed by atoms with Gasteiger partial charge in [0.2, 0.25) is 0 Å². The number of alkyl halides is 3. The van der Waals surface area contributed by atoms with E-state index in [1.807, 2.05) is 0 Å². The maximum Gasteiger partial charge on any atom is 0.496 e. The van der Waals surface area contributed by atoms with Gasteiger partial charge in [0.25, 0.3) is 0 Å². The van der Waals surface area contributed by atoms with Gasteiger partial charge in [0.15, 0.2) is 0 Å². The fourth-order valence-electron chi connectivity index (χ4n) is 1.36. The first kappa shape index (κ1) is 13.7. The van der Waals surface area contributed by atoms with Crippen LogP contribution in [0.3, 0.4) is 0 Å². The van der Waals surface area contributed by atoms with Gasteiger partial charge >= 0.3 is 13.3 Å². The summed E-state index contributed by atoms with van der Waals surface area (Å²) in [5.41, 5.74) is -1.24. The minimum Gasteiger partial charge on any atom is -0.497 e. The molecule has 0 aliphatic rings. The standard InChI is InChI=1S/C9H10BF3O4/c1-16-6-3-5(9(11,12)13)4-7(17-2)8(6)10(14)15/h3-4,14-15H,1-2H3. The first-order valence-electron chi connectivity index (χ1n) is 4.50. The number of ether oxygens (including phenoxy) is 2. The zero-order valence-corrected chi connectivity index (χ0v) is 9.08. The summed E-state index contributed by atoms with van der Waals surface area (Å²) < 4.78 is 46.9. The predicted octanol–water partition coefficient (Wildman–Crippen LogP) is 0.402. The molecule has 0 fully saturated rings. The number of hydrogen-bond donors (Lipinski definition) is 2. The van der Waals surface area contributed by atoms with Crippen LogP contribution in [0.2, 0.25) is 0 Å². The molecule has 0 amide bonds. The van der Waals surface area contributed by atoms with Gasteiger partial charge in [-0.1, -0.05) is 0 Å². The summed E-state index contributed by atoms with van der Waals surface area (Å²) in [6.45, 7) is 0. The Hall–Kier alpha value is -1.41. The van der Waals surface area contributed by atoms with Crippen LogP contribution in [0, 0.1) is 0 Å². The highest BCUT2D eigenvalue weighted by atomic mass is 19.4. The van der Waals surface area contributed by atoms with E-state index in [-0.39, 0.29) is 17.0 Å². The van der Waals surface area contributed by atoms with Crippen LogP contribution in [-0.2, 0) is 6.18 Å². The fraction of sp³-hybridized carbons (Fsp3) is 0.333. The monoisotopic (exact) mass is 250 g/mol. The lowest BCUT2D eigenvalue weighted by Crippen LogP contribution is -2.33. The summed E-state index contributed by atoms with van der Waals surface area (Å²) in [5.74, 6) is -0.599. The smallest absolute Gasteiger partial charge is 0.496 e. The Bertz CT molecular complexity index is 381. The molecule has 1 rings (SSSR count). The summed E-state index contributed by atoms with van der Waals surface area (Å²) in [6.07, 6.45) is -4.57. The minimum absolute atomic E-state index is 0.247. The lowest BCUT2D eigenvalue weighted by molar-refractivity contribution is -0.137. The molecule has 4 nitrogen and oxygen atoms in total. The zero-order valence-electron chi connectivity index (χ0n) is 9.08. The maximum atomic E-state index is 12.5.